The van der Waals surface area contributed by atoms with Crippen LogP contribution in [-0.2, 0) is 6.54 Å². The third-order valence-electron chi connectivity index (χ3n) is 2.17. The second-order valence-electron chi connectivity index (χ2n) is 3.53. The third kappa shape index (κ3) is 2.11. The Hall–Kier alpha value is -1.25. The van der Waals surface area contributed by atoms with Gasteiger partial charge in [-0.15, -0.1) is 0 Å². The second kappa shape index (κ2) is 3.64. The Labute approximate surface area is 78.1 Å². The zero-order valence-electron chi connectivity index (χ0n) is 8.64. The molecule has 0 saturated carbocycles. The number of rotatable bonds is 2. The molecule has 13 heavy (non-hydrogen) atoms. The van der Waals surface area contributed by atoms with Crippen molar-refractivity contribution in [3.05, 3.63) is 33.5 Å². The van der Waals surface area contributed by atoms with Gasteiger partial charge in [0.15, 0.2) is 0 Å². The quantitative estimate of drug-likeness (QED) is 0.692. The highest BCUT2D eigenvalue weighted by Gasteiger charge is 2.03. The minimum Gasteiger partial charge on any atom is -0.310 e. The van der Waals surface area contributed by atoms with E-state index < -0.39 is 0 Å². The molecular formula is C10H16N2O. The molecule has 0 aliphatic carbocycles. The number of H-pyrrole nitrogens is 1. The molecule has 0 spiro atoms. The Kier molecular flexibility index (Phi) is 2.76. The van der Waals surface area contributed by atoms with Crippen molar-refractivity contribution in [2.75, 3.05) is 0 Å². The first-order valence-electron chi connectivity index (χ1n) is 4.41. The van der Waals surface area contributed by atoms with E-state index in [1.807, 2.05) is 33.8 Å². The van der Waals surface area contributed by atoms with Crippen molar-refractivity contribution >= 4 is 0 Å². The van der Waals surface area contributed by atoms with Gasteiger partial charge in [0.1, 0.15) is 0 Å². The summed E-state index contributed by atoms with van der Waals surface area (Å²) >= 11 is 0. The summed E-state index contributed by atoms with van der Waals surface area (Å²) in [5.74, 6) is 0. The summed E-state index contributed by atoms with van der Waals surface area (Å²) < 4.78 is 1.74. The highest BCUT2D eigenvalue weighted by molar-refractivity contribution is 5.10. The van der Waals surface area contributed by atoms with E-state index in [4.69, 9.17) is 0 Å². The van der Waals surface area contributed by atoms with Gasteiger partial charge in [-0.25, -0.2) is 4.79 Å². The van der Waals surface area contributed by atoms with Gasteiger partial charge in [0.2, 0.25) is 0 Å². The molecule has 0 aliphatic rings. The lowest BCUT2D eigenvalue weighted by atomic mass is 10.3. The van der Waals surface area contributed by atoms with Gasteiger partial charge in [-0.1, -0.05) is 11.6 Å². The Morgan fingerprint density at radius 1 is 1.46 bits per heavy atom. The van der Waals surface area contributed by atoms with Crippen molar-refractivity contribution in [2.45, 2.75) is 34.2 Å². The maximum atomic E-state index is 11.4. The lowest BCUT2D eigenvalue weighted by Crippen LogP contribution is -2.17. The number of hydrogen-bond acceptors (Lipinski definition) is 1. The standard InChI is InChI=1S/C10H16N2O/c1-7(2)5-6-12-9(4)8(3)11-10(12)13/h5H,6H2,1-4H3,(H,11,13). The first-order chi connectivity index (χ1) is 6.02. The monoisotopic (exact) mass is 180 g/mol. The smallest absolute Gasteiger partial charge is 0.310 e. The van der Waals surface area contributed by atoms with Crippen molar-refractivity contribution < 1.29 is 0 Å². The molecule has 1 aromatic heterocycles. The summed E-state index contributed by atoms with van der Waals surface area (Å²) in [6, 6.07) is 0. The fraction of sp³-hybridized carbons (Fsp3) is 0.500. The molecule has 0 fully saturated rings. The Bertz CT molecular complexity index is 378. The van der Waals surface area contributed by atoms with Gasteiger partial charge in [0, 0.05) is 17.9 Å². The van der Waals surface area contributed by atoms with Crippen molar-refractivity contribution in [3.63, 3.8) is 0 Å². The largest absolute Gasteiger partial charge is 0.326 e. The number of imidazole rings is 1. The van der Waals surface area contributed by atoms with Crippen LogP contribution in [0.25, 0.3) is 0 Å². The Morgan fingerprint density at radius 2 is 2.08 bits per heavy atom. The van der Waals surface area contributed by atoms with Gasteiger partial charge < -0.3 is 4.98 Å². The van der Waals surface area contributed by atoms with E-state index in [2.05, 4.69) is 4.98 Å². The van der Waals surface area contributed by atoms with Gasteiger partial charge in [0.05, 0.1) is 0 Å². The molecule has 72 valence electrons. The fourth-order valence-electron chi connectivity index (χ4n) is 1.17. The first kappa shape index (κ1) is 9.84. The van der Waals surface area contributed by atoms with Gasteiger partial charge >= 0.3 is 5.69 Å². The molecule has 0 amide bonds. The molecule has 0 aromatic carbocycles. The lowest BCUT2D eigenvalue weighted by Gasteiger charge is -1.99. The zero-order chi connectivity index (χ0) is 10.0. The molecule has 0 saturated heterocycles. The summed E-state index contributed by atoms with van der Waals surface area (Å²) in [5, 5.41) is 0. The SMILES string of the molecule is CC(C)=CCn1c(C)c(C)[nH]c1=O. The molecule has 0 radical (unpaired) electrons. The molecule has 3 heteroatoms. The lowest BCUT2D eigenvalue weighted by molar-refractivity contribution is 0.751. The van der Waals surface area contributed by atoms with Crippen LogP contribution in [0.4, 0.5) is 0 Å². The van der Waals surface area contributed by atoms with Crippen LogP contribution in [0.3, 0.4) is 0 Å². The van der Waals surface area contributed by atoms with E-state index in [1.54, 1.807) is 4.57 Å². The molecule has 1 aromatic rings. The summed E-state index contributed by atoms with van der Waals surface area (Å²) in [4.78, 5) is 14.1. The fourth-order valence-corrected chi connectivity index (χ4v) is 1.17. The molecule has 0 bridgehead atoms. The number of aromatic nitrogens is 2. The van der Waals surface area contributed by atoms with Gasteiger partial charge in [-0.05, 0) is 27.7 Å². The summed E-state index contributed by atoms with van der Waals surface area (Å²) in [6.45, 7) is 8.58. The minimum atomic E-state index is -0.0208. The van der Waals surface area contributed by atoms with Crippen LogP contribution in [0.1, 0.15) is 25.2 Å². The number of hydrogen-bond donors (Lipinski definition) is 1. The van der Waals surface area contributed by atoms with E-state index in [1.165, 1.54) is 5.57 Å². The number of aromatic amines is 1. The third-order valence-corrected chi connectivity index (χ3v) is 2.17. The Morgan fingerprint density at radius 3 is 2.46 bits per heavy atom. The second-order valence-corrected chi connectivity index (χ2v) is 3.53. The highest BCUT2D eigenvalue weighted by Crippen LogP contribution is 2.01. The normalized spacial score (nSPS) is 10.2. The maximum absolute atomic E-state index is 11.4. The van der Waals surface area contributed by atoms with Crippen LogP contribution in [0, 0.1) is 13.8 Å². The van der Waals surface area contributed by atoms with Crippen LogP contribution in [0.5, 0.6) is 0 Å². The van der Waals surface area contributed by atoms with E-state index in [0.717, 1.165) is 11.4 Å². The Balaban J connectivity index is 3.01. The van der Waals surface area contributed by atoms with E-state index >= 15 is 0 Å². The van der Waals surface area contributed by atoms with Gasteiger partial charge in [0.25, 0.3) is 0 Å². The molecule has 1 N–H and O–H groups in total. The van der Waals surface area contributed by atoms with Gasteiger partial charge in [-0.2, -0.15) is 0 Å². The van der Waals surface area contributed by atoms with Crippen molar-refractivity contribution in [1.82, 2.24) is 9.55 Å². The van der Waals surface area contributed by atoms with Crippen LogP contribution in [0.15, 0.2) is 16.4 Å². The predicted molar refractivity (Wildman–Crippen MR) is 54.0 cm³/mol. The van der Waals surface area contributed by atoms with Crippen molar-refractivity contribution in [1.29, 1.82) is 0 Å². The summed E-state index contributed by atoms with van der Waals surface area (Å²) in [7, 11) is 0. The average Bonchev–Trinajstić information content (AvgIpc) is 2.24. The number of allylic oxidation sites excluding steroid dienone is 2. The van der Waals surface area contributed by atoms with Crippen molar-refractivity contribution in [2.24, 2.45) is 0 Å². The molecule has 3 nitrogen and oxygen atoms in total. The van der Waals surface area contributed by atoms with Crippen LogP contribution in [-0.4, -0.2) is 9.55 Å². The summed E-state index contributed by atoms with van der Waals surface area (Å²) in [6.07, 6.45) is 2.04. The van der Waals surface area contributed by atoms with E-state index in [9.17, 15) is 4.79 Å². The number of aryl methyl sites for hydroxylation is 1. The summed E-state index contributed by atoms with van der Waals surface area (Å²) in [5.41, 5.74) is 3.17. The van der Waals surface area contributed by atoms with Crippen LogP contribution in [0.2, 0.25) is 0 Å². The molecule has 0 aliphatic heterocycles. The maximum Gasteiger partial charge on any atom is 0.326 e. The first-order valence-corrected chi connectivity index (χ1v) is 4.41. The molecule has 1 heterocycles. The molecule has 0 atom stereocenters. The van der Waals surface area contributed by atoms with Crippen LogP contribution >= 0.6 is 0 Å². The minimum absolute atomic E-state index is 0.0208. The van der Waals surface area contributed by atoms with Crippen LogP contribution < -0.4 is 5.69 Å². The zero-order valence-corrected chi connectivity index (χ0v) is 8.64. The number of nitrogens with zero attached hydrogens (tertiary/aromatic N) is 1. The molecule has 1 rings (SSSR count). The predicted octanol–water partition coefficient (Wildman–Crippen LogP) is 1.76. The topological polar surface area (TPSA) is 37.8 Å². The van der Waals surface area contributed by atoms with E-state index in [0.29, 0.717) is 6.54 Å². The molecule has 0 unspecified atom stereocenters. The average molecular weight is 180 g/mol. The highest BCUT2D eigenvalue weighted by atomic mass is 16.1. The van der Waals surface area contributed by atoms with E-state index in [-0.39, 0.29) is 5.69 Å². The van der Waals surface area contributed by atoms with Crippen molar-refractivity contribution in [3.8, 4) is 0 Å². The van der Waals surface area contributed by atoms with Gasteiger partial charge in [-0.3, -0.25) is 4.57 Å². The number of nitrogens with one attached hydrogen (secondary N) is 1. The molecular weight excluding hydrogens is 164 g/mol.